The summed E-state index contributed by atoms with van der Waals surface area (Å²) in [5.74, 6) is 0.722. The molecule has 0 fully saturated rings. The molecule has 0 bridgehead atoms. The molecule has 0 aliphatic heterocycles. The first-order chi connectivity index (χ1) is 12.9. The van der Waals surface area contributed by atoms with Crippen LogP contribution in [0.1, 0.15) is 42.3 Å². The fraction of sp³-hybridized carbons (Fsp3) is 0.474. The van der Waals surface area contributed by atoms with Crippen LogP contribution in [0.15, 0.2) is 34.6 Å². The number of aliphatic hydroxyl groups excluding tert-OH is 1. The van der Waals surface area contributed by atoms with Crippen molar-refractivity contribution in [1.29, 1.82) is 0 Å². The van der Waals surface area contributed by atoms with Crippen molar-refractivity contribution >= 4 is 28.9 Å². The molecule has 2 unspecified atom stereocenters. The highest BCUT2D eigenvalue weighted by Crippen LogP contribution is 2.21. The SMILES string of the molecule is CCNC(=NCC(O)c1ccc(Cl)cc1)N(C)Cc1csc(C(C)OC)n1. The molecule has 0 saturated carbocycles. The van der Waals surface area contributed by atoms with E-state index in [1.165, 1.54) is 0 Å². The number of aliphatic imine (C=N–C) groups is 1. The van der Waals surface area contributed by atoms with Crippen LogP contribution < -0.4 is 5.32 Å². The molecular formula is C19H27ClN4O2S. The highest BCUT2D eigenvalue weighted by molar-refractivity contribution is 7.09. The minimum absolute atomic E-state index is 0.00881. The van der Waals surface area contributed by atoms with Gasteiger partial charge in [-0.25, -0.2) is 4.98 Å². The fourth-order valence-electron chi connectivity index (χ4n) is 2.43. The lowest BCUT2D eigenvalue weighted by atomic mass is 10.1. The topological polar surface area (TPSA) is 70.0 Å². The second kappa shape index (κ2) is 10.6. The maximum Gasteiger partial charge on any atom is 0.194 e. The first-order valence-electron chi connectivity index (χ1n) is 8.84. The Morgan fingerprint density at radius 2 is 2.11 bits per heavy atom. The van der Waals surface area contributed by atoms with Crippen molar-refractivity contribution < 1.29 is 9.84 Å². The van der Waals surface area contributed by atoms with Gasteiger partial charge in [-0.1, -0.05) is 23.7 Å². The molecular weight excluding hydrogens is 384 g/mol. The molecule has 0 aliphatic carbocycles. The highest BCUT2D eigenvalue weighted by atomic mass is 35.5. The largest absolute Gasteiger partial charge is 0.386 e. The zero-order chi connectivity index (χ0) is 19.8. The minimum atomic E-state index is -0.683. The number of hydrogen-bond donors (Lipinski definition) is 2. The van der Waals surface area contributed by atoms with Crippen molar-refractivity contribution in [3.8, 4) is 0 Å². The van der Waals surface area contributed by atoms with Crippen LogP contribution in [0, 0.1) is 0 Å². The minimum Gasteiger partial charge on any atom is -0.386 e. The van der Waals surface area contributed by atoms with Crippen LogP contribution in [0.2, 0.25) is 5.02 Å². The highest BCUT2D eigenvalue weighted by Gasteiger charge is 2.14. The van der Waals surface area contributed by atoms with Crippen molar-refractivity contribution in [1.82, 2.24) is 15.2 Å². The second-order valence-electron chi connectivity index (χ2n) is 6.17. The number of hydrogen-bond acceptors (Lipinski definition) is 5. The third-order valence-corrected chi connectivity index (χ3v) is 5.34. The third kappa shape index (κ3) is 6.46. The Kier molecular flexibility index (Phi) is 8.50. The molecule has 2 atom stereocenters. The summed E-state index contributed by atoms with van der Waals surface area (Å²) in [5, 5.41) is 17.3. The zero-order valence-corrected chi connectivity index (χ0v) is 17.7. The third-order valence-electron chi connectivity index (χ3n) is 4.04. The lowest BCUT2D eigenvalue weighted by molar-refractivity contribution is 0.119. The van der Waals surface area contributed by atoms with Crippen molar-refractivity contribution in [3.63, 3.8) is 0 Å². The summed E-state index contributed by atoms with van der Waals surface area (Å²) in [7, 11) is 3.63. The van der Waals surface area contributed by atoms with E-state index < -0.39 is 6.10 Å². The average molecular weight is 411 g/mol. The number of ether oxygens (including phenoxy) is 1. The molecule has 0 radical (unpaired) electrons. The van der Waals surface area contributed by atoms with Crippen molar-refractivity contribution in [3.05, 3.63) is 50.9 Å². The Morgan fingerprint density at radius 3 is 2.74 bits per heavy atom. The second-order valence-corrected chi connectivity index (χ2v) is 7.50. The van der Waals surface area contributed by atoms with E-state index >= 15 is 0 Å². The number of nitrogens with one attached hydrogen (secondary N) is 1. The van der Waals surface area contributed by atoms with Crippen molar-refractivity contribution in [2.45, 2.75) is 32.6 Å². The number of guanidine groups is 1. The summed E-state index contributed by atoms with van der Waals surface area (Å²) in [6.07, 6.45) is -0.691. The molecule has 1 aromatic heterocycles. The van der Waals surface area contributed by atoms with Gasteiger partial charge in [-0.15, -0.1) is 11.3 Å². The molecule has 27 heavy (non-hydrogen) atoms. The lowest BCUT2D eigenvalue weighted by Gasteiger charge is -2.21. The van der Waals surface area contributed by atoms with E-state index in [1.54, 1.807) is 30.6 Å². The quantitative estimate of drug-likeness (QED) is 0.513. The van der Waals surface area contributed by atoms with E-state index in [0.29, 0.717) is 11.6 Å². The first-order valence-corrected chi connectivity index (χ1v) is 10.1. The average Bonchev–Trinajstić information content (AvgIpc) is 3.13. The summed E-state index contributed by atoms with van der Waals surface area (Å²) in [6, 6.07) is 7.16. The Labute approximate surface area is 169 Å². The van der Waals surface area contributed by atoms with E-state index in [9.17, 15) is 5.11 Å². The smallest absolute Gasteiger partial charge is 0.194 e. The molecule has 148 valence electrons. The summed E-state index contributed by atoms with van der Waals surface area (Å²) in [5.41, 5.74) is 1.75. The fourth-order valence-corrected chi connectivity index (χ4v) is 3.40. The summed E-state index contributed by atoms with van der Waals surface area (Å²) >= 11 is 7.49. The van der Waals surface area contributed by atoms with Gasteiger partial charge in [0.2, 0.25) is 0 Å². The Hall–Kier alpha value is -1.67. The summed E-state index contributed by atoms with van der Waals surface area (Å²) in [6.45, 7) is 5.62. The van der Waals surface area contributed by atoms with Crippen LogP contribution in [0.3, 0.4) is 0 Å². The molecule has 8 heteroatoms. The van der Waals surface area contributed by atoms with E-state index in [2.05, 4.69) is 15.3 Å². The van der Waals surface area contributed by atoms with Gasteiger partial charge in [-0.05, 0) is 31.5 Å². The van der Waals surface area contributed by atoms with Crippen LogP contribution in [0.4, 0.5) is 0 Å². The van der Waals surface area contributed by atoms with E-state index in [4.69, 9.17) is 16.3 Å². The maximum atomic E-state index is 10.4. The molecule has 0 amide bonds. The zero-order valence-electron chi connectivity index (χ0n) is 16.1. The van der Waals surface area contributed by atoms with E-state index in [-0.39, 0.29) is 12.6 Å². The Bertz CT molecular complexity index is 736. The van der Waals surface area contributed by atoms with Crippen LogP contribution in [-0.2, 0) is 11.3 Å². The molecule has 6 nitrogen and oxygen atoms in total. The van der Waals surface area contributed by atoms with E-state index in [1.807, 2.05) is 43.3 Å². The van der Waals surface area contributed by atoms with Crippen molar-refractivity contribution in [2.75, 3.05) is 27.2 Å². The van der Waals surface area contributed by atoms with Crippen molar-refractivity contribution in [2.24, 2.45) is 4.99 Å². The Morgan fingerprint density at radius 1 is 1.41 bits per heavy atom. The van der Waals surface area contributed by atoms with Gasteiger partial charge < -0.3 is 20.1 Å². The van der Waals surface area contributed by atoms with Gasteiger partial charge in [0.1, 0.15) is 11.1 Å². The van der Waals surface area contributed by atoms with E-state index in [0.717, 1.165) is 28.8 Å². The summed E-state index contributed by atoms with van der Waals surface area (Å²) < 4.78 is 5.32. The van der Waals surface area contributed by atoms with Crippen LogP contribution >= 0.6 is 22.9 Å². The number of methoxy groups -OCH3 is 1. The number of rotatable bonds is 8. The van der Waals surface area contributed by atoms with Gasteiger partial charge in [0, 0.05) is 31.1 Å². The number of benzene rings is 1. The molecule has 0 spiro atoms. The maximum absolute atomic E-state index is 10.4. The van der Waals surface area contributed by atoms with Gasteiger partial charge in [0.05, 0.1) is 24.9 Å². The van der Waals surface area contributed by atoms with Gasteiger partial charge in [0.15, 0.2) is 5.96 Å². The normalized spacial score (nSPS) is 14.1. The van der Waals surface area contributed by atoms with Gasteiger partial charge >= 0.3 is 0 Å². The molecule has 2 aromatic rings. The summed E-state index contributed by atoms with van der Waals surface area (Å²) in [4.78, 5) is 11.2. The number of aliphatic hydroxyl groups is 1. The van der Waals surface area contributed by atoms with Crippen LogP contribution in [0.5, 0.6) is 0 Å². The molecule has 2 rings (SSSR count). The number of nitrogens with zero attached hydrogens (tertiary/aromatic N) is 3. The number of halogens is 1. The molecule has 0 aliphatic rings. The molecule has 1 heterocycles. The Balaban J connectivity index is 2.02. The molecule has 2 N–H and O–H groups in total. The number of aromatic nitrogens is 1. The standard InChI is InChI=1S/C19H27ClN4O2S/c1-5-21-19(22-10-17(25)14-6-8-15(20)9-7-14)24(3)11-16-12-27-18(23-16)13(2)26-4/h6-9,12-13,17,25H,5,10-11H2,1-4H3,(H,21,22). The predicted octanol–water partition coefficient (Wildman–Crippen LogP) is 3.63. The van der Waals surface area contributed by atoms with Gasteiger partial charge in [-0.2, -0.15) is 0 Å². The van der Waals surface area contributed by atoms with Crippen LogP contribution in [0.25, 0.3) is 0 Å². The van der Waals surface area contributed by atoms with Gasteiger partial charge in [-0.3, -0.25) is 4.99 Å². The van der Waals surface area contributed by atoms with Crippen LogP contribution in [-0.4, -0.2) is 48.2 Å². The lowest BCUT2D eigenvalue weighted by Crippen LogP contribution is -2.38. The predicted molar refractivity (Wildman–Crippen MR) is 111 cm³/mol. The first kappa shape index (κ1) is 21.6. The monoisotopic (exact) mass is 410 g/mol. The number of thiazole rings is 1. The van der Waals surface area contributed by atoms with Gasteiger partial charge in [0.25, 0.3) is 0 Å². The molecule has 1 aromatic carbocycles. The molecule has 0 saturated heterocycles.